The monoisotopic (exact) mass is 691 g/mol. The van der Waals surface area contributed by atoms with Crippen LogP contribution in [0.3, 0.4) is 0 Å². The van der Waals surface area contributed by atoms with E-state index in [2.05, 4.69) is 216 Å². The second-order valence-electron chi connectivity index (χ2n) is 15.0. The largest absolute Gasteiger partial charge is 0.310 e. The van der Waals surface area contributed by atoms with E-state index in [1.54, 1.807) is 0 Å². The van der Waals surface area contributed by atoms with Gasteiger partial charge in [0.1, 0.15) is 0 Å². The summed E-state index contributed by atoms with van der Waals surface area (Å²) in [6.07, 6.45) is 0. The molecule has 0 spiro atoms. The van der Waals surface area contributed by atoms with Gasteiger partial charge in [-0.25, -0.2) is 0 Å². The van der Waals surface area contributed by atoms with Gasteiger partial charge in [0.25, 0.3) is 0 Å². The molecule has 1 aliphatic heterocycles. The van der Waals surface area contributed by atoms with Gasteiger partial charge in [-0.3, -0.25) is 0 Å². The SMILES string of the molecule is CC1(C)c2ccccc2N(c2ccccc2)c2cc3c4cc(-c5ccc6c(c5)c5ccccc5n6-c5ccccc5)ccc4n(-c4ccccc4)c3cc21. The fourth-order valence-electron chi connectivity index (χ4n) is 9.11. The zero-order valence-electron chi connectivity index (χ0n) is 30.2. The van der Waals surface area contributed by atoms with Crippen LogP contribution in [0.4, 0.5) is 17.1 Å². The molecule has 0 aliphatic carbocycles. The molecule has 10 aromatic rings. The molecule has 11 rings (SSSR count). The molecule has 3 heteroatoms. The van der Waals surface area contributed by atoms with Crippen molar-refractivity contribution in [2.75, 3.05) is 4.90 Å². The highest BCUT2D eigenvalue weighted by atomic mass is 15.2. The van der Waals surface area contributed by atoms with Crippen molar-refractivity contribution in [1.82, 2.24) is 9.13 Å². The van der Waals surface area contributed by atoms with E-state index < -0.39 is 0 Å². The number of anilines is 3. The summed E-state index contributed by atoms with van der Waals surface area (Å²) in [5.74, 6) is 0. The molecule has 1 aliphatic rings. The zero-order valence-corrected chi connectivity index (χ0v) is 30.2. The van der Waals surface area contributed by atoms with Gasteiger partial charge in [-0.1, -0.05) is 117 Å². The predicted molar refractivity (Wildman–Crippen MR) is 227 cm³/mol. The normalized spacial score (nSPS) is 13.5. The van der Waals surface area contributed by atoms with Crippen LogP contribution in [0.15, 0.2) is 188 Å². The number of para-hydroxylation sites is 5. The average Bonchev–Trinajstić information content (AvgIpc) is 3.73. The van der Waals surface area contributed by atoms with E-state index in [-0.39, 0.29) is 5.41 Å². The van der Waals surface area contributed by atoms with Gasteiger partial charge in [-0.2, -0.15) is 0 Å². The molecule has 256 valence electrons. The topological polar surface area (TPSA) is 13.1 Å². The lowest BCUT2D eigenvalue weighted by atomic mass is 9.73. The Balaban J connectivity index is 1.18. The Morgan fingerprint density at radius 3 is 1.46 bits per heavy atom. The number of rotatable bonds is 4. The van der Waals surface area contributed by atoms with Gasteiger partial charge in [0.05, 0.1) is 33.4 Å². The van der Waals surface area contributed by atoms with Crippen molar-refractivity contribution in [3.8, 4) is 22.5 Å². The fourth-order valence-corrected chi connectivity index (χ4v) is 9.11. The quantitative estimate of drug-likeness (QED) is 0.179. The molecule has 0 bridgehead atoms. The average molecular weight is 692 g/mol. The number of nitrogens with zero attached hydrogens (tertiary/aromatic N) is 3. The van der Waals surface area contributed by atoms with E-state index in [1.165, 1.54) is 82.9 Å². The second-order valence-corrected chi connectivity index (χ2v) is 15.0. The minimum Gasteiger partial charge on any atom is -0.310 e. The van der Waals surface area contributed by atoms with Crippen LogP contribution < -0.4 is 4.90 Å². The molecular formula is C51H37N3. The van der Waals surface area contributed by atoms with E-state index in [0.29, 0.717) is 0 Å². The zero-order chi connectivity index (χ0) is 36.0. The van der Waals surface area contributed by atoms with Crippen molar-refractivity contribution >= 4 is 60.7 Å². The lowest BCUT2D eigenvalue weighted by Crippen LogP contribution is -2.30. The van der Waals surface area contributed by atoms with Gasteiger partial charge in [-0.05, 0) is 107 Å². The summed E-state index contributed by atoms with van der Waals surface area (Å²) >= 11 is 0. The summed E-state index contributed by atoms with van der Waals surface area (Å²) in [5, 5.41) is 5.00. The summed E-state index contributed by atoms with van der Waals surface area (Å²) in [6, 6.07) is 68.9. The lowest BCUT2D eigenvalue weighted by molar-refractivity contribution is 0.632. The highest BCUT2D eigenvalue weighted by Gasteiger charge is 2.37. The predicted octanol–water partition coefficient (Wildman–Crippen LogP) is 13.7. The fraction of sp³-hybridized carbons (Fsp3) is 0.0588. The highest BCUT2D eigenvalue weighted by Crippen LogP contribution is 2.53. The first-order valence-corrected chi connectivity index (χ1v) is 18.8. The summed E-state index contributed by atoms with van der Waals surface area (Å²) in [7, 11) is 0. The third kappa shape index (κ3) is 4.42. The van der Waals surface area contributed by atoms with Crippen molar-refractivity contribution in [2.45, 2.75) is 19.3 Å². The Morgan fingerprint density at radius 2 is 0.815 bits per heavy atom. The molecule has 0 saturated heterocycles. The standard InChI is InChI=1S/C51H37N3/c1-51(2)43-23-13-15-25-48(43)54(38-20-10-5-11-21-38)50-32-42-41-31-35(27-29-47(41)53(49(42)33-44(50)51)37-18-8-4-9-19-37)34-26-28-46-40(30-34)39-22-12-14-24-45(39)52(46)36-16-6-3-7-17-36/h3-33H,1-2H3. The van der Waals surface area contributed by atoms with Gasteiger partial charge in [-0.15, -0.1) is 0 Å². The Kier molecular flexibility index (Phi) is 6.60. The van der Waals surface area contributed by atoms with Gasteiger partial charge in [0, 0.05) is 44.0 Å². The van der Waals surface area contributed by atoms with Crippen LogP contribution >= 0.6 is 0 Å². The molecule has 54 heavy (non-hydrogen) atoms. The summed E-state index contributed by atoms with van der Waals surface area (Å²) in [5.41, 5.74) is 15.7. The first-order valence-electron chi connectivity index (χ1n) is 18.8. The first kappa shape index (κ1) is 30.8. The summed E-state index contributed by atoms with van der Waals surface area (Å²) in [6.45, 7) is 4.74. The van der Waals surface area contributed by atoms with Crippen molar-refractivity contribution in [3.05, 3.63) is 199 Å². The van der Waals surface area contributed by atoms with Crippen molar-refractivity contribution in [3.63, 3.8) is 0 Å². The molecule has 0 atom stereocenters. The maximum absolute atomic E-state index is 2.47. The third-order valence-corrected chi connectivity index (χ3v) is 11.7. The van der Waals surface area contributed by atoms with Crippen LogP contribution in [0.25, 0.3) is 66.1 Å². The van der Waals surface area contributed by atoms with E-state index in [0.717, 1.165) is 11.4 Å². The minimum absolute atomic E-state index is 0.205. The van der Waals surface area contributed by atoms with Crippen LogP contribution in [0.5, 0.6) is 0 Å². The van der Waals surface area contributed by atoms with Crippen LogP contribution in [-0.4, -0.2) is 9.13 Å². The Hall–Kier alpha value is -6.84. The van der Waals surface area contributed by atoms with E-state index in [4.69, 9.17) is 0 Å². The number of aromatic nitrogens is 2. The van der Waals surface area contributed by atoms with Gasteiger partial charge >= 0.3 is 0 Å². The molecule has 0 saturated carbocycles. The third-order valence-electron chi connectivity index (χ3n) is 11.7. The molecule has 0 amide bonds. The molecule has 0 fully saturated rings. The van der Waals surface area contributed by atoms with Gasteiger partial charge < -0.3 is 14.0 Å². The van der Waals surface area contributed by atoms with Crippen molar-refractivity contribution in [2.24, 2.45) is 0 Å². The van der Waals surface area contributed by atoms with Crippen LogP contribution in [-0.2, 0) is 5.41 Å². The highest BCUT2D eigenvalue weighted by molar-refractivity contribution is 6.14. The second kappa shape index (κ2) is 11.6. The first-order chi connectivity index (χ1) is 26.6. The maximum atomic E-state index is 2.47. The lowest BCUT2D eigenvalue weighted by Gasteiger charge is -2.42. The smallest absolute Gasteiger partial charge is 0.0545 e. The number of fused-ring (bicyclic) bond motifs is 8. The Labute approximate surface area is 314 Å². The van der Waals surface area contributed by atoms with E-state index in [9.17, 15) is 0 Å². The van der Waals surface area contributed by atoms with Crippen molar-refractivity contribution < 1.29 is 0 Å². The summed E-state index contributed by atoms with van der Waals surface area (Å²) < 4.78 is 4.83. The van der Waals surface area contributed by atoms with Crippen LogP contribution in [0.2, 0.25) is 0 Å². The maximum Gasteiger partial charge on any atom is 0.0545 e. The van der Waals surface area contributed by atoms with Crippen LogP contribution in [0, 0.1) is 0 Å². The van der Waals surface area contributed by atoms with Gasteiger partial charge in [0.15, 0.2) is 0 Å². The number of hydrogen-bond acceptors (Lipinski definition) is 1. The Morgan fingerprint density at radius 1 is 0.333 bits per heavy atom. The van der Waals surface area contributed by atoms with Gasteiger partial charge in [0.2, 0.25) is 0 Å². The number of benzene rings is 8. The molecule has 2 aromatic heterocycles. The number of hydrogen-bond donors (Lipinski definition) is 0. The molecule has 8 aromatic carbocycles. The molecule has 3 heterocycles. The molecule has 0 N–H and O–H groups in total. The molecular weight excluding hydrogens is 655 g/mol. The summed E-state index contributed by atoms with van der Waals surface area (Å²) in [4.78, 5) is 2.46. The molecule has 3 nitrogen and oxygen atoms in total. The molecule has 0 unspecified atom stereocenters. The van der Waals surface area contributed by atoms with Crippen molar-refractivity contribution in [1.29, 1.82) is 0 Å². The Bertz CT molecular complexity index is 3060. The van der Waals surface area contributed by atoms with E-state index in [1.807, 2.05) is 0 Å². The van der Waals surface area contributed by atoms with E-state index >= 15 is 0 Å². The van der Waals surface area contributed by atoms with Crippen LogP contribution in [0.1, 0.15) is 25.0 Å². The minimum atomic E-state index is -0.205. The molecule has 0 radical (unpaired) electrons.